The van der Waals surface area contributed by atoms with Crippen LogP contribution in [0.1, 0.15) is 57.9 Å². The molecule has 1 unspecified atom stereocenters. The molecule has 1 heterocycles. The number of hydrogen-bond acceptors (Lipinski definition) is 1. The maximum atomic E-state index is 11.4. The molecule has 1 aromatic rings. The Bertz CT molecular complexity index is 468. The maximum Gasteiger partial charge on any atom is 0.103 e. The lowest BCUT2D eigenvalue weighted by molar-refractivity contribution is -0.948. The van der Waals surface area contributed by atoms with Crippen molar-refractivity contribution in [2.45, 2.75) is 70.6 Å². The molecule has 1 saturated heterocycles. The number of piperidine rings is 1. The van der Waals surface area contributed by atoms with Gasteiger partial charge in [0, 0.05) is 17.9 Å². The standard InChI is InChI=1S/C20H31NO/c1-16-14-21(15-18-9-5-3-6-10-18)17(2)13-20(16,22)19-11-7-4-8-12-19/h3,5-6,9-10,16-17,19,22H,4,7-8,11-15H2,1-2H3/p+1/t16-,17+,20+/m1/s1. The van der Waals surface area contributed by atoms with Gasteiger partial charge in [-0.2, -0.15) is 0 Å². The first-order valence-corrected chi connectivity index (χ1v) is 9.20. The van der Waals surface area contributed by atoms with Crippen molar-refractivity contribution < 1.29 is 10.0 Å². The van der Waals surface area contributed by atoms with Crippen LogP contribution in [0.4, 0.5) is 0 Å². The predicted octanol–water partition coefficient (Wildman–Crippen LogP) is 2.81. The van der Waals surface area contributed by atoms with E-state index in [0.29, 0.717) is 17.9 Å². The second kappa shape index (κ2) is 6.72. The van der Waals surface area contributed by atoms with Gasteiger partial charge < -0.3 is 10.0 Å². The molecule has 22 heavy (non-hydrogen) atoms. The maximum absolute atomic E-state index is 11.4. The molecular weight excluding hydrogens is 270 g/mol. The summed E-state index contributed by atoms with van der Waals surface area (Å²) >= 11 is 0. The summed E-state index contributed by atoms with van der Waals surface area (Å²) in [5, 5.41) is 11.4. The second-order valence-corrected chi connectivity index (χ2v) is 7.86. The Morgan fingerprint density at radius 3 is 2.45 bits per heavy atom. The van der Waals surface area contributed by atoms with Crippen molar-refractivity contribution in [3.05, 3.63) is 35.9 Å². The third-order valence-corrected chi connectivity index (χ3v) is 6.34. The Labute approximate surface area is 135 Å². The van der Waals surface area contributed by atoms with Gasteiger partial charge in [0.25, 0.3) is 0 Å². The third-order valence-electron chi connectivity index (χ3n) is 6.34. The van der Waals surface area contributed by atoms with Crippen LogP contribution in [0.2, 0.25) is 0 Å². The molecule has 2 heteroatoms. The summed E-state index contributed by atoms with van der Waals surface area (Å²) in [4.78, 5) is 1.64. The minimum Gasteiger partial charge on any atom is -0.389 e. The van der Waals surface area contributed by atoms with Gasteiger partial charge in [-0.15, -0.1) is 0 Å². The highest BCUT2D eigenvalue weighted by Crippen LogP contribution is 2.40. The van der Waals surface area contributed by atoms with E-state index in [9.17, 15) is 5.11 Å². The number of nitrogens with one attached hydrogen (secondary N) is 1. The van der Waals surface area contributed by atoms with Crippen LogP contribution in [0.3, 0.4) is 0 Å². The van der Waals surface area contributed by atoms with Gasteiger partial charge in [0.05, 0.1) is 18.2 Å². The second-order valence-electron chi connectivity index (χ2n) is 7.86. The van der Waals surface area contributed by atoms with Crippen molar-refractivity contribution in [1.29, 1.82) is 0 Å². The number of hydrogen-bond donors (Lipinski definition) is 2. The SMILES string of the molecule is C[C@@H]1C[NH+](Cc2ccccc2)[C@@H](C)C[C@@]1(O)C1CCCCC1. The number of rotatable bonds is 3. The molecule has 2 nitrogen and oxygen atoms in total. The van der Waals surface area contributed by atoms with Gasteiger partial charge in [-0.1, -0.05) is 56.5 Å². The van der Waals surface area contributed by atoms with Crippen molar-refractivity contribution in [3.8, 4) is 0 Å². The largest absolute Gasteiger partial charge is 0.389 e. The highest BCUT2D eigenvalue weighted by Gasteiger charge is 2.49. The Morgan fingerprint density at radius 2 is 1.77 bits per heavy atom. The van der Waals surface area contributed by atoms with E-state index < -0.39 is 5.60 Å². The molecule has 0 aromatic heterocycles. The van der Waals surface area contributed by atoms with Crippen molar-refractivity contribution in [2.75, 3.05) is 6.54 Å². The zero-order valence-electron chi connectivity index (χ0n) is 14.2. The average molecular weight is 302 g/mol. The fourth-order valence-corrected chi connectivity index (χ4v) is 4.88. The normalized spacial score (nSPS) is 37.1. The molecule has 0 bridgehead atoms. The van der Waals surface area contributed by atoms with Crippen LogP contribution in [0.25, 0.3) is 0 Å². The summed E-state index contributed by atoms with van der Waals surface area (Å²) in [5.74, 6) is 0.947. The summed E-state index contributed by atoms with van der Waals surface area (Å²) in [6.45, 7) is 6.81. The lowest BCUT2D eigenvalue weighted by Gasteiger charge is -2.49. The minimum atomic E-state index is -0.417. The molecule has 2 fully saturated rings. The van der Waals surface area contributed by atoms with E-state index in [0.717, 1.165) is 19.5 Å². The molecule has 0 amide bonds. The molecule has 1 aliphatic carbocycles. The molecule has 0 radical (unpaired) electrons. The van der Waals surface area contributed by atoms with Gasteiger partial charge in [0.1, 0.15) is 6.54 Å². The molecule has 1 aromatic carbocycles. The van der Waals surface area contributed by atoms with Gasteiger partial charge in [-0.3, -0.25) is 0 Å². The first kappa shape index (κ1) is 16.0. The summed E-state index contributed by atoms with van der Waals surface area (Å²) in [7, 11) is 0. The van der Waals surface area contributed by atoms with Crippen molar-refractivity contribution in [3.63, 3.8) is 0 Å². The van der Waals surface area contributed by atoms with Crippen LogP contribution in [0.5, 0.6) is 0 Å². The van der Waals surface area contributed by atoms with Crippen molar-refractivity contribution >= 4 is 0 Å². The monoisotopic (exact) mass is 302 g/mol. The highest BCUT2D eigenvalue weighted by molar-refractivity contribution is 5.13. The van der Waals surface area contributed by atoms with E-state index in [-0.39, 0.29) is 0 Å². The van der Waals surface area contributed by atoms with Gasteiger partial charge in [-0.25, -0.2) is 0 Å². The van der Waals surface area contributed by atoms with Gasteiger partial charge in [0.15, 0.2) is 0 Å². The smallest absolute Gasteiger partial charge is 0.103 e. The molecule has 2 N–H and O–H groups in total. The van der Waals surface area contributed by atoms with Gasteiger partial charge in [-0.05, 0) is 25.7 Å². The molecular formula is C20H32NO+. The van der Waals surface area contributed by atoms with Crippen LogP contribution < -0.4 is 4.90 Å². The highest BCUT2D eigenvalue weighted by atomic mass is 16.3. The first-order chi connectivity index (χ1) is 10.6. The summed E-state index contributed by atoms with van der Waals surface area (Å²) in [5.41, 5.74) is 1.000. The lowest BCUT2D eigenvalue weighted by atomic mass is 9.66. The van der Waals surface area contributed by atoms with E-state index in [1.165, 1.54) is 37.7 Å². The van der Waals surface area contributed by atoms with Crippen LogP contribution in [-0.4, -0.2) is 23.3 Å². The number of likely N-dealkylation sites (tertiary alicyclic amines) is 1. The summed E-state index contributed by atoms with van der Waals surface area (Å²) in [6, 6.07) is 11.3. The van der Waals surface area contributed by atoms with Crippen LogP contribution >= 0.6 is 0 Å². The van der Waals surface area contributed by atoms with E-state index in [4.69, 9.17) is 0 Å². The van der Waals surface area contributed by atoms with Gasteiger partial charge in [0.2, 0.25) is 0 Å². The third kappa shape index (κ3) is 3.23. The van der Waals surface area contributed by atoms with E-state index in [1.54, 1.807) is 4.90 Å². The van der Waals surface area contributed by atoms with Crippen LogP contribution in [-0.2, 0) is 6.54 Å². The minimum absolute atomic E-state index is 0.408. The fraction of sp³-hybridized carbons (Fsp3) is 0.700. The van der Waals surface area contributed by atoms with E-state index in [2.05, 4.69) is 44.2 Å². The van der Waals surface area contributed by atoms with Crippen LogP contribution in [0.15, 0.2) is 30.3 Å². The Hall–Kier alpha value is -0.860. The topological polar surface area (TPSA) is 24.7 Å². The lowest BCUT2D eigenvalue weighted by Crippen LogP contribution is -3.16. The Morgan fingerprint density at radius 1 is 1.09 bits per heavy atom. The predicted molar refractivity (Wildman–Crippen MR) is 90.7 cm³/mol. The van der Waals surface area contributed by atoms with Crippen LogP contribution in [0, 0.1) is 11.8 Å². The molecule has 0 spiro atoms. The van der Waals surface area contributed by atoms with Gasteiger partial charge >= 0.3 is 0 Å². The van der Waals surface area contributed by atoms with Crippen molar-refractivity contribution in [2.24, 2.45) is 11.8 Å². The Kier molecular flexibility index (Phi) is 4.89. The molecule has 1 saturated carbocycles. The number of quaternary nitrogens is 1. The molecule has 4 atom stereocenters. The van der Waals surface area contributed by atoms with E-state index >= 15 is 0 Å². The number of benzene rings is 1. The van der Waals surface area contributed by atoms with Crippen molar-refractivity contribution in [1.82, 2.24) is 0 Å². The van der Waals surface area contributed by atoms with E-state index in [1.807, 2.05) is 0 Å². The molecule has 122 valence electrons. The quantitative estimate of drug-likeness (QED) is 0.882. The first-order valence-electron chi connectivity index (χ1n) is 9.20. The molecule has 1 aliphatic heterocycles. The number of aliphatic hydroxyl groups is 1. The zero-order valence-corrected chi connectivity index (χ0v) is 14.2. The summed E-state index contributed by atoms with van der Waals surface area (Å²) < 4.78 is 0. The zero-order chi connectivity index (χ0) is 15.6. The molecule has 3 rings (SSSR count). The fourth-order valence-electron chi connectivity index (χ4n) is 4.88. The molecule has 2 aliphatic rings. The summed E-state index contributed by atoms with van der Waals surface area (Å²) in [6.07, 6.45) is 7.44. The average Bonchev–Trinajstić information content (AvgIpc) is 2.54. The Balaban J connectivity index is 1.68.